The van der Waals surface area contributed by atoms with Gasteiger partial charge in [0.1, 0.15) is 0 Å². The summed E-state index contributed by atoms with van der Waals surface area (Å²) < 4.78 is 71.9. The second kappa shape index (κ2) is 10.6. The van der Waals surface area contributed by atoms with Crippen molar-refractivity contribution < 1.29 is 31.6 Å². The molecule has 0 amide bonds. The van der Waals surface area contributed by atoms with E-state index < -0.39 is 28.8 Å². The molecule has 0 aliphatic rings. The Hall–Kier alpha value is -2.47. The van der Waals surface area contributed by atoms with Crippen molar-refractivity contribution in [1.82, 2.24) is 4.57 Å². The molecular formula is C25H22BrF2N2O5PS2. The van der Waals surface area contributed by atoms with Crippen molar-refractivity contribution in [3.05, 3.63) is 104 Å². The number of halogens is 3. The maximum Gasteiger partial charge on any atom is 0.399 e. The molecule has 0 spiro atoms. The SMILES string of the molecule is Cc1ccc(S(=O)(=O)/N=c2\scc(-c3ccccc3)n2Cc2ccc(C(F)(F)P(=O)(O)O)c(Br)c2)cc1C. The van der Waals surface area contributed by atoms with E-state index in [1.54, 1.807) is 22.1 Å². The van der Waals surface area contributed by atoms with Crippen LogP contribution in [0, 0.1) is 13.8 Å². The molecule has 0 atom stereocenters. The maximum absolute atomic E-state index is 14.3. The normalized spacial score (nSPS) is 13.2. The first kappa shape index (κ1) is 28.5. The predicted octanol–water partition coefficient (Wildman–Crippen LogP) is 6.16. The molecule has 0 fully saturated rings. The summed E-state index contributed by atoms with van der Waals surface area (Å²) in [5.41, 5.74) is -1.56. The molecule has 2 N–H and O–H groups in total. The predicted molar refractivity (Wildman–Crippen MR) is 146 cm³/mol. The molecule has 0 bridgehead atoms. The fraction of sp³-hybridized carbons (Fsp3) is 0.160. The van der Waals surface area contributed by atoms with E-state index in [1.165, 1.54) is 18.2 Å². The molecule has 0 aliphatic carbocycles. The van der Waals surface area contributed by atoms with Gasteiger partial charge in [0.05, 0.1) is 17.1 Å². The minimum atomic E-state index is -5.75. The number of benzene rings is 3. The summed E-state index contributed by atoms with van der Waals surface area (Å²) >= 11 is 4.12. The first-order valence-electron chi connectivity index (χ1n) is 11.0. The summed E-state index contributed by atoms with van der Waals surface area (Å²) in [4.78, 5) is 18.4. The number of thiazole rings is 1. The molecule has 0 unspecified atom stereocenters. The molecule has 7 nitrogen and oxygen atoms in total. The van der Waals surface area contributed by atoms with Crippen molar-refractivity contribution in [2.24, 2.45) is 4.40 Å². The van der Waals surface area contributed by atoms with E-state index >= 15 is 0 Å². The molecule has 0 saturated carbocycles. The molecule has 1 aromatic heterocycles. The summed E-state index contributed by atoms with van der Waals surface area (Å²) in [6.07, 6.45) is 0. The molecule has 4 rings (SSSR count). The van der Waals surface area contributed by atoms with Crippen LogP contribution in [0.15, 0.2) is 85.9 Å². The number of aryl methyl sites for hydroxylation is 2. The summed E-state index contributed by atoms with van der Waals surface area (Å²) in [5.74, 6) is 0. The average Bonchev–Trinajstić information content (AvgIpc) is 3.21. The Kier molecular flexibility index (Phi) is 7.96. The van der Waals surface area contributed by atoms with Gasteiger partial charge in [-0.3, -0.25) is 4.57 Å². The number of rotatable bonds is 7. The van der Waals surface area contributed by atoms with Crippen LogP contribution in [0.2, 0.25) is 0 Å². The molecule has 1 heterocycles. The van der Waals surface area contributed by atoms with Crippen LogP contribution < -0.4 is 4.80 Å². The van der Waals surface area contributed by atoms with E-state index in [1.807, 2.05) is 44.2 Å². The fourth-order valence-corrected chi connectivity index (χ4v) is 7.21. The lowest BCUT2D eigenvalue weighted by atomic mass is 10.1. The van der Waals surface area contributed by atoms with Crippen molar-refractivity contribution in [3.8, 4) is 11.3 Å². The van der Waals surface area contributed by atoms with Gasteiger partial charge < -0.3 is 14.4 Å². The van der Waals surface area contributed by atoms with Crippen molar-refractivity contribution >= 4 is 44.9 Å². The monoisotopic (exact) mass is 642 g/mol. The lowest BCUT2D eigenvalue weighted by molar-refractivity contribution is 0.0557. The molecule has 200 valence electrons. The lowest BCUT2D eigenvalue weighted by Gasteiger charge is -2.20. The van der Waals surface area contributed by atoms with Gasteiger partial charge in [-0.2, -0.15) is 17.2 Å². The Morgan fingerprint density at radius 1 is 1.03 bits per heavy atom. The number of hydrogen-bond acceptors (Lipinski definition) is 4. The highest BCUT2D eigenvalue weighted by Gasteiger charge is 2.51. The van der Waals surface area contributed by atoms with Gasteiger partial charge in [-0.15, -0.1) is 15.7 Å². The number of aromatic nitrogens is 1. The zero-order valence-corrected chi connectivity index (χ0v) is 24.2. The Labute approximate surface area is 230 Å². The zero-order valence-electron chi connectivity index (χ0n) is 20.0. The molecule has 0 radical (unpaired) electrons. The second-order valence-corrected chi connectivity index (χ2v) is 13.5. The Morgan fingerprint density at radius 2 is 1.71 bits per heavy atom. The highest BCUT2D eigenvalue weighted by Crippen LogP contribution is 2.60. The molecule has 0 aliphatic heterocycles. The van der Waals surface area contributed by atoms with Crippen molar-refractivity contribution in [3.63, 3.8) is 0 Å². The largest absolute Gasteiger partial charge is 0.399 e. The Balaban J connectivity index is 1.84. The highest BCUT2D eigenvalue weighted by molar-refractivity contribution is 9.10. The van der Waals surface area contributed by atoms with Gasteiger partial charge in [0.2, 0.25) is 4.80 Å². The van der Waals surface area contributed by atoms with Crippen LogP contribution in [0.3, 0.4) is 0 Å². The number of nitrogens with zero attached hydrogens (tertiary/aromatic N) is 2. The third-order valence-electron chi connectivity index (χ3n) is 5.91. The molecular weight excluding hydrogens is 621 g/mol. The van der Waals surface area contributed by atoms with Gasteiger partial charge in [-0.1, -0.05) is 64.5 Å². The van der Waals surface area contributed by atoms with Gasteiger partial charge in [0.15, 0.2) is 0 Å². The summed E-state index contributed by atoms with van der Waals surface area (Å²) in [7, 11) is -9.82. The highest BCUT2D eigenvalue weighted by atomic mass is 79.9. The quantitative estimate of drug-likeness (QED) is 0.235. The van der Waals surface area contributed by atoms with Crippen LogP contribution in [0.5, 0.6) is 0 Å². The van der Waals surface area contributed by atoms with E-state index in [0.717, 1.165) is 34.1 Å². The lowest BCUT2D eigenvalue weighted by Crippen LogP contribution is -2.19. The van der Waals surface area contributed by atoms with E-state index in [2.05, 4.69) is 20.3 Å². The van der Waals surface area contributed by atoms with Crippen LogP contribution in [0.25, 0.3) is 11.3 Å². The number of sulfonamides is 1. The second-order valence-electron chi connectivity index (χ2n) is 8.57. The van der Waals surface area contributed by atoms with Gasteiger partial charge in [0.25, 0.3) is 10.0 Å². The van der Waals surface area contributed by atoms with Crippen molar-refractivity contribution in [2.75, 3.05) is 0 Å². The molecule has 38 heavy (non-hydrogen) atoms. The fourth-order valence-electron chi connectivity index (χ4n) is 3.67. The van der Waals surface area contributed by atoms with Gasteiger partial charge in [-0.05, 0) is 54.3 Å². The minimum absolute atomic E-state index is 0.0496. The molecule has 13 heteroatoms. The first-order valence-corrected chi connectivity index (χ1v) is 15.8. The minimum Gasteiger partial charge on any atom is -0.320 e. The van der Waals surface area contributed by atoms with Crippen molar-refractivity contribution in [1.29, 1.82) is 0 Å². The maximum atomic E-state index is 14.3. The number of hydrogen-bond donors (Lipinski definition) is 2. The summed E-state index contributed by atoms with van der Waals surface area (Å²) in [5, 5.41) is 1.76. The Bertz CT molecular complexity index is 1730. The zero-order chi connectivity index (χ0) is 27.9. The molecule has 3 aromatic carbocycles. The van der Waals surface area contributed by atoms with Crippen LogP contribution in [0.4, 0.5) is 8.78 Å². The Morgan fingerprint density at radius 3 is 2.32 bits per heavy atom. The smallest absolute Gasteiger partial charge is 0.320 e. The van der Waals surface area contributed by atoms with E-state index in [4.69, 9.17) is 9.79 Å². The van der Waals surface area contributed by atoms with Crippen LogP contribution >= 0.6 is 34.9 Å². The topological polar surface area (TPSA) is 109 Å². The van der Waals surface area contributed by atoms with Gasteiger partial charge in [0, 0.05) is 15.4 Å². The molecule has 4 aromatic rings. The van der Waals surface area contributed by atoms with Crippen LogP contribution in [-0.2, 0) is 26.8 Å². The standard InChI is InChI=1S/C25H22BrF2N2O5PS2/c1-16-8-10-20(12-17(16)2)38(34,35)29-24-30(23(15-37-24)19-6-4-3-5-7-19)14-18-9-11-21(22(26)13-18)25(27,28)36(31,32)33/h3-13,15H,14H2,1-2H3,(H2,31,32,33)/b29-24-. The first-order chi connectivity index (χ1) is 17.7. The molecule has 0 saturated heterocycles. The van der Waals surface area contributed by atoms with Crippen LogP contribution in [0.1, 0.15) is 22.3 Å². The summed E-state index contributed by atoms with van der Waals surface area (Å²) in [6.45, 7) is 3.74. The third kappa shape index (κ3) is 5.75. The third-order valence-corrected chi connectivity index (χ3v) is 9.78. The average molecular weight is 643 g/mol. The van der Waals surface area contributed by atoms with E-state index in [0.29, 0.717) is 11.3 Å². The van der Waals surface area contributed by atoms with Gasteiger partial charge >= 0.3 is 13.3 Å². The van der Waals surface area contributed by atoms with E-state index in [-0.39, 0.29) is 20.7 Å². The number of alkyl halides is 2. The summed E-state index contributed by atoms with van der Waals surface area (Å²) in [6, 6.07) is 17.5. The van der Waals surface area contributed by atoms with E-state index in [9.17, 15) is 21.8 Å². The van der Waals surface area contributed by atoms with Crippen LogP contribution in [-0.4, -0.2) is 22.8 Å². The van der Waals surface area contributed by atoms with Crippen molar-refractivity contribution in [2.45, 2.75) is 31.0 Å². The van der Waals surface area contributed by atoms with Gasteiger partial charge in [-0.25, -0.2) is 0 Å².